The molecule has 1 N–H and O–H groups in total. The minimum Gasteiger partial charge on any atom is -0.348 e. The molecule has 8 heteroatoms. The van der Waals surface area contributed by atoms with Gasteiger partial charge >= 0.3 is 0 Å². The van der Waals surface area contributed by atoms with Crippen molar-refractivity contribution in [2.75, 3.05) is 10.8 Å². The van der Waals surface area contributed by atoms with Crippen LogP contribution in [0.3, 0.4) is 0 Å². The highest BCUT2D eigenvalue weighted by Gasteiger charge is 2.28. The van der Waals surface area contributed by atoms with E-state index in [1.807, 2.05) is 38.1 Å². The number of rotatable bonds is 8. The third-order valence-corrected chi connectivity index (χ3v) is 7.28. The topological polar surface area (TPSA) is 66.5 Å². The Morgan fingerprint density at radius 3 is 2.22 bits per heavy atom. The van der Waals surface area contributed by atoms with Crippen LogP contribution in [-0.2, 0) is 14.8 Å². The number of carbonyl (C=O) groups excluding carboxylic acids is 1. The fourth-order valence-electron chi connectivity index (χ4n) is 3.27. The number of aryl methyl sites for hydroxylation is 1. The number of sulfonamides is 1. The molecule has 0 aliphatic carbocycles. The fraction of sp³-hybridized carbons (Fsp3) is 0.208. The number of carbonyl (C=O) groups is 1. The summed E-state index contributed by atoms with van der Waals surface area (Å²) in [4.78, 5) is 13.0. The molecular weight excluding hydrogens is 467 g/mol. The molecule has 0 bridgehead atoms. The van der Waals surface area contributed by atoms with Gasteiger partial charge < -0.3 is 5.32 Å². The summed E-state index contributed by atoms with van der Waals surface area (Å²) >= 11 is 12.0. The van der Waals surface area contributed by atoms with Crippen LogP contribution >= 0.6 is 23.2 Å². The van der Waals surface area contributed by atoms with Crippen molar-refractivity contribution in [1.29, 1.82) is 0 Å². The molecule has 0 saturated heterocycles. The quantitative estimate of drug-likeness (QED) is 0.436. The minimum absolute atomic E-state index is 0.0280. The highest BCUT2D eigenvalue weighted by Crippen LogP contribution is 2.27. The van der Waals surface area contributed by atoms with E-state index in [2.05, 4.69) is 5.32 Å². The van der Waals surface area contributed by atoms with Gasteiger partial charge in [-0.15, -0.1) is 0 Å². The first kappa shape index (κ1) is 24.1. The van der Waals surface area contributed by atoms with Crippen LogP contribution in [0.1, 0.15) is 30.5 Å². The van der Waals surface area contributed by atoms with Gasteiger partial charge in [-0.2, -0.15) is 0 Å². The molecule has 1 atom stereocenters. The van der Waals surface area contributed by atoms with Crippen molar-refractivity contribution in [3.8, 4) is 0 Å². The van der Waals surface area contributed by atoms with Gasteiger partial charge in [-0.25, -0.2) is 8.42 Å². The van der Waals surface area contributed by atoms with E-state index in [0.717, 1.165) is 15.4 Å². The number of amides is 1. The van der Waals surface area contributed by atoms with Gasteiger partial charge in [0.25, 0.3) is 10.0 Å². The zero-order chi connectivity index (χ0) is 23.3. The van der Waals surface area contributed by atoms with Crippen molar-refractivity contribution in [3.63, 3.8) is 0 Å². The molecule has 0 heterocycles. The normalized spacial score (nSPS) is 12.2. The molecule has 0 aliphatic heterocycles. The van der Waals surface area contributed by atoms with Gasteiger partial charge in [-0.3, -0.25) is 9.10 Å². The fourth-order valence-corrected chi connectivity index (χ4v) is 4.99. The first-order chi connectivity index (χ1) is 15.2. The molecule has 3 rings (SSSR count). The van der Waals surface area contributed by atoms with Crippen LogP contribution in [0, 0.1) is 6.92 Å². The van der Waals surface area contributed by atoms with Gasteiger partial charge in [0, 0.05) is 10.0 Å². The monoisotopic (exact) mass is 490 g/mol. The van der Waals surface area contributed by atoms with E-state index >= 15 is 0 Å². The highest BCUT2D eigenvalue weighted by atomic mass is 35.5. The smallest absolute Gasteiger partial charge is 0.264 e. The molecule has 0 fully saturated rings. The Hall–Kier alpha value is -2.54. The van der Waals surface area contributed by atoms with Crippen molar-refractivity contribution in [2.45, 2.75) is 31.2 Å². The van der Waals surface area contributed by atoms with Gasteiger partial charge in [0.15, 0.2) is 0 Å². The summed E-state index contributed by atoms with van der Waals surface area (Å²) < 4.78 is 27.9. The average molecular weight is 491 g/mol. The summed E-state index contributed by atoms with van der Waals surface area (Å²) in [5.41, 5.74) is 2.38. The molecule has 0 saturated carbocycles. The second-order valence-corrected chi connectivity index (χ2v) is 10.1. The SMILES string of the molecule is CC[C@H](NC(=O)CN(c1cccc(Cl)c1)S(=O)(=O)c1ccc(Cl)cc1)c1ccc(C)cc1. The molecule has 3 aromatic carbocycles. The molecular formula is C24H24Cl2N2O3S. The molecule has 0 spiro atoms. The van der Waals surface area contributed by atoms with Gasteiger partial charge in [0.2, 0.25) is 5.91 Å². The van der Waals surface area contributed by atoms with Gasteiger partial charge in [0.1, 0.15) is 6.54 Å². The van der Waals surface area contributed by atoms with Crippen molar-refractivity contribution < 1.29 is 13.2 Å². The Morgan fingerprint density at radius 1 is 0.969 bits per heavy atom. The van der Waals surface area contributed by atoms with Crippen LogP contribution < -0.4 is 9.62 Å². The van der Waals surface area contributed by atoms with Crippen LogP contribution in [0.25, 0.3) is 0 Å². The Morgan fingerprint density at radius 2 is 1.62 bits per heavy atom. The molecule has 32 heavy (non-hydrogen) atoms. The first-order valence-corrected chi connectivity index (χ1v) is 12.3. The van der Waals surface area contributed by atoms with Crippen LogP contribution in [0.5, 0.6) is 0 Å². The van der Waals surface area contributed by atoms with Crippen LogP contribution in [-0.4, -0.2) is 20.9 Å². The lowest BCUT2D eigenvalue weighted by Crippen LogP contribution is -2.42. The van der Waals surface area contributed by atoms with E-state index in [-0.39, 0.29) is 10.9 Å². The number of halogens is 2. The van der Waals surface area contributed by atoms with Gasteiger partial charge in [-0.05, 0) is 61.4 Å². The Labute approximate surface area is 199 Å². The van der Waals surface area contributed by atoms with E-state index in [0.29, 0.717) is 22.2 Å². The molecule has 0 radical (unpaired) electrons. The summed E-state index contributed by atoms with van der Waals surface area (Å²) in [6.45, 7) is 3.56. The molecule has 0 unspecified atom stereocenters. The predicted molar refractivity (Wildman–Crippen MR) is 130 cm³/mol. The van der Waals surface area contributed by atoms with Crippen molar-refractivity contribution in [3.05, 3.63) is 94.0 Å². The number of nitrogens with one attached hydrogen (secondary N) is 1. The Bertz CT molecular complexity index is 1180. The Balaban J connectivity index is 1.91. The molecule has 5 nitrogen and oxygen atoms in total. The second-order valence-electron chi connectivity index (χ2n) is 7.38. The van der Waals surface area contributed by atoms with Gasteiger partial charge in [0.05, 0.1) is 16.6 Å². The number of hydrogen-bond donors (Lipinski definition) is 1. The van der Waals surface area contributed by atoms with Crippen molar-refractivity contribution in [2.24, 2.45) is 0 Å². The maximum absolute atomic E-state index is 13.4. The molecule has 168 valence electrons. The second kappa shape index (κ2) is 10.4. The zero-order valence-electron chi connectivity index (χ0n) is 17.8. The Kier molecular flexibility index (Phi) is 7.82. The average Bonchev–Trinajstić information content (AvgIpc) is 2.76. The molecule has 1 amide bonds. The van der Waals surface area contributed by atoms with Crippen LogP contribution in [0.4, 0.5) is 5.69 Å². The maximum atomic E-state index is 13.4. The molecule has 0 aromatic heterocycles. The molecule has 3 aromatic rings. The van der Waals surface area contributed by atoms with Crippen molar-refractivity contribution in [1.82, 2.24) is 5.32 Å². The minimum atomic E-state index is -4.04. The largest absolute Gasteiger partial charge is 0.348 e. The van der Waals surface area contributed by atoms with E-state index < -0.39 is 22.5 Å². The lowest BCUT2D eigenvalue weighted by atomic mass is 10.0. The number of anilines is 1. The van der Waals surface area contributed by atoms with E-state index in [9.17, 15) is 13.2 Å². The third kappa shape index (κ3) is 5.82. The first-order valence-electron chi connectivity index (χ1n) is 10.1. The van der Waals surface area contributed by atoms with E-state index in [4.69, 9.17) is 23.2 Å². The summed E-state index contributed by atoms with van der Waals surface area (Å²) in [5, 5.41) is 3.73. The summed E-state index contributed by atoms with van der Waals surface area (Å²) in [6.07, 6.45) is 0.663. The van der Waals surface area contributed by atoms with Crippen LogP contribution in [0.15, 0.2) is 77.7 Å². The lowest BCUT2D eigenvalue weighted by molar-refractivity contribution is -0.120. The van der Waals surface area contributed by atoms with Crippen molar-refractivity contribution >= 4 is 44.8 Å². The summed E-state index contributed by atoms with van der Waals surface area (Å²) in [6, 6.07) is 19.9. The maximum Gasteiger partial charge on any atom is 0.264 e. The predicted octanol–water partition coefficient (Wildman–Crippen LogP) is 5.76. The van der Waals surface area contributed by atoms with E-state index in [1.165, 1.54) is 30.3 Å². The van der Waals surface area contributed by atoms with Gasteiger partial charge in [-0.1, -0.05) is 66.0 Å². The summed E-state index contributed by atoms with van der Waals surface area (Å²) in [7, 11) is -4.04. The lowest BCUT2D eigenvalue weighted by Gasteiger charge is -2.26. The summed E-state index contributed by atoms with van der Waals surface area (Å²) in [5.74, 6) is -0.421. The molecule has 0 aliphatic rings. The number of benzene rings is 3. The number of hydrogen-bond acceptors (Lipinski definition) is 3. The third-order valence-electron chi connectivity index (χ3n) is 5.01. The van der Waals surface area contributed by atoms with E-state index in [1.54, 1.807) is 18.2 Å². The highest BCUT2D eigenvalue weighted by molar-refractivity contribution is 7.92. The number of nitrogens with zero attached hydrogens (tertiary/aromatic N) is 1. The zero-order valence-corrected chi connectivity index (χ0v) is 20.1. The van der Waals surface area contributed by atoms with Crippen LogP contribution in [0.2, 0.25) is 10.0 Å². The standard InChI is InChI=1S/C24H24Cl2N2O3S/c1-3-23(18-9-7-17(2)8-10-18)27-24(29)16-28(21-6-4-5-20(26)15-21)32(30,31)22-13-11-19(25)12-14-22/h4-15,23H,3,16H2,1-2H3,(H,27,29)/t23-/m0/s1.